The first-order valence-electron chi connectivity index (χ1n) is 10.7. The van der Waals surface area contributed by atoms with Gasteiger partial charge in [-0.1, -0.05) is 53.5 Å². The van der Waals surface area contributed by atoms with Crippen LogP contribution in [0.25, 0.3) is 11.0 Å². The molecule has 2 heterocycles. The van der Waals surface area contributed by atoms with Gasteiger partial charge in [0.1, 0.15) is 5.82 Å². The molecule has 0 N–H and O–H groups in total. The second-order valence-electron chi connectivity index (χ2n) is 8.37. The highest BCUT2D eigenvalue weighted by atomic mass is 35.5. The molecule has 1 aliphatic heterocycles. The van der Waals surface area contributed by atoms with Gasteiger partial charge in [-0.15, -0.1) is 0 Å². The van der Waals surface area contributed by atoms with E-state index in [1.807, 2.05) is 53.4 Å². The number of imidazole rings is 1. The maximum atomic E-state index is 13.1. The largest absolute Gasteiger partial charge is 0.323 e. The summed E-state index contributed by atoms with van der Waals surface area (Å²) in [5, 5.41) is 1.25. The minimum Gasteiger partial charge on any atom is -0.323 e. The van der Waals surface area contributed by atoms with E-state index in [0.29, 0.717) is 29.6 Å². The lowest BCUT2D eigenvalue weighted by atomic mass is 10.1. The van der Waals surface area contributed by atoms with Crippen molar-refractivity contribution in [1.29, 1.82) is 0 Å². The van der Waals surface area contributed by atoms with Crippen molar-refractivity contribution in [3.8, 4) is 0 Å². The molecule has 0 saturated carbocycles. The van der Waals surface area contributed by atoms with Crippen LogP contribution in [0.15, 0.2) is 60.7 Å². The van der Waals surface area contributed by atoms with Crippen LogP contribution in [-0.4, -0.2) is 22.0 Å². The number of aromatic nitrogens is 2. The molecule has 1 saturated heterocycles. The van der Waals surface area contributed by atoms with Crippen molar-refractivity contribution in [3.05, 3.63) is 93.2 Å². The van der Waals surface area contributed by atoms with Gasteiger partial charge in [0, 0.05) is 40.2 Å². The lowest BCUT2D eigenvalue weighted by molar-refractivity contribution is -0.117. The van der Waals surface area contributed by atoms with Crippen LogP contribution in [0.1, 0.15) is 34.9 Å². The van der Waals surface area contributed by atoms with Gasteiger partial charge in [0.2, 0.25) is 5.91 Å². The minimum atomic E-state index is -0.0175. The van der Waals surface area contributed by atoms with Gasteiger partial charge in [-0.2, -0.15) is 0 Å². The normalized spacial score (nSPS) is 16.3. The van der Waals surface area contributed by atoms with Crippen LogP contribution in [0.2, 0.25) is 10.0 Å². The molecule has 0 aliphatic carbocycles. The molecule has 162 valence electrons. The van der Waals surface area contributed by atoms with Gasteiger partial charge < -0.3 is 9.47 Å². The summed E-state index contributed by atoms with van der Waals surface area (Å²) < 4.78 is 2.16. The van der Waals surface area contributed by atoms with E-state index in [-0.39, 0.29) is 11.8 Å². The standard InChI is InChI=1S/C26H23Cl2N3O/c1-16-7-5-12-23(17(16)2)30-14-18(13-25(30)32)26-29-22-10-3-4-11-24(22)31(26)15-19-20(27)8-6-9-21(19)28/h3-12,18H,13-15H2,1-2H3. The quantitative estimate of drug-likeness (QED) is 0.345. The number of aryl methyl sites for hydroxylation is 1. The fourth-order valence-electron chi connectivity index (χ4n) is 4.55. The van der Waals surface area contributed by atoms with Gasteiger partial charge in [0.05, 0.1) is 17.6 Å². The first-order valence-corrected chi connectivity index (χ1v) is 11.4. The summed E-state index contributed by atoms with van der Waals surface area (Å²) in [4.78, 5) is 19.9. The second-order valence-corrected chi connectivity index (χ2v) is 9.18. The van der Waals surface area contributed by atoms with E-state index in [1.165, 1.54) is 5.56 Å². The molecular formula is C26H23Cl2N3O. The van der Waals surface area contributed by atoms with Crippen LogP contribution >= 0.6 is 23.2 Å². The summed E-state index contributed by atoms with van der Waals surface area (Å²) in [5.41, 5.74) is 6.07. The highest BCUT2D eigenvalue weighted by molar-refractivity contribution is 6.36. The summed E-state index contributed by atoms with van der Waals surface area (Å²) in [7, 11) is 0. The Kier molecular flexibility index (Phi) is 5.44. The number of hydrogen-bond acceptors (Lipinski definition) is 2. The van der Waals surface area contributed by atoms with Crippen LogP contribution < -0.4 is 4.90 Å². The summed E-state index contributed by atoms with van der Waals surface area (Å²) in [6.45, 7) is 5.24. The van der Waals surface area contributed by atoms with Crippen LogP contribution in [0.5, 0.6) is 0 Å². The number of carbonyl (C=O) groups is 1. The van der Waals surface area contributed by atoms with Gasteiger partial charge in [-0.25, -0.2) is 4.98 Å². The summed E-state index contributed by atoms with van der Waals surface area (Å²) in [6, 6.07) is 19.7. The third-order valence-electron chi connectivity index (χ3n) is 6.42. The van der Waals surface area contributed by atoms with E-state index in [2.05, 4.69) is 30.5 Å². The SMILES string of the molecule is Cc1cccc(N2CC(c3nc4ccccc4n3Cc3c(Cl)cccc3Cl)CC2=O)c1C. The molecule has 6 heteroatoms. The van der Waals surface area contributed by atoms with Crippen LogP contribution in [0.3, 0.4) is 0 Å². The predicted molar refractivity (Wildman–Crippen MR) is 131 cm³/mol. The van der Waals surface area contributed by atoms with Crippen molar-refractivity contribution >= 4 is 45.8 Å². The molecule has 1 atom stereocenters. The second kappa shape index (κ2) is 8.27. The molecule has 1 aliphatic rings. The van der Waals surface area contributed by atoms with E-state index in [1.54, 1.807) is 0 Å². The van der Waals surface area contributed by atoms with Crippen molar-refractivity contribution in [2.75, 3.05) is 11.4 Å². The Morgan fingerprint density at radius 3 is 2.47 bits per heavy atom. The molecule has 5 rings (SSSR count). The molecule has 0 radical (unpaired) electrons. The number of fused-ring (bicyclic) bond motifs is 1. The fourth-order valence-corrected chi connectivity index (χ4v) is 5.07. The Morgan fingerprint density at radius 2 is 1.69 bits per heavy atom. The maximum Gasteiger partial charge on any atom is 0.227 e. The molecular weight excluding hydrogens is 441 g/mol. The van der Waals surface area contributed by atoms with Gasteiger partial charge in [-0.05, 0) is 55.3 Å². The van der Waals surface area contributed by atoms with Crippen LogP contribution in [0, 0.1) is 13.8 Å². The zero-order valence-electron chi connectivity index (χ0n) is 18.0. The first kappa shape index (κ1) is 21.0. The lowest BCUT2D eigenvalue weighted by Gasteiger charge is -2.20. The molecule has 1 aromatic heterocycles. The topological polar surface area (TPSA) is 38.1 Å². The number of halogens is 2. The molecule has 32 heavy (non-hydrogen) atoms. The molecule has 1 unspecified atom stereocenters. The highest BCUT2D eigenvalue weighted by Crippen LogP contribution is 2.36. The fraction of sp³-hybridized carbons (Fsp3) is 0.231. The number of hydrogen-bond donors (Lipinski definition) is 0. The Hall–Kier alpha value is -2.82. The number of para-hydroxylation sites is 2. The highest BCUT2D eigenvalue weighted by Gasteiger charge is 2.35. The van der Waals surface area contributed by atoms with E-state index in [9.17, 15) is 4.79 Å². The molecule has 3 aromatic carbocycles. The van der Waals surface area contributed by atoms with Gasteiger partial charge in [0.15, 0.2) is 0 Å². The molecule has 1 amide bonds. The average molecular weight is 464 g/mol. The number of carbonyl (C=O) groups excluding carboxylic acids is 1. The van der Waals surface area contributed by atoms with Gasteiger partial charge in [-0.3, -0.25) is 4.79 Å². The van der Waals surface area contributed by atoms with E-state index in [0.717, 1.165) is 33.7 Å². The number of rotatable bonds is 4. The number of amides is 1. The first-order chi connectivity index (χ1) is 15.4. The van der Waals surface area contributed by atoms with Crippen LogP contribution in [-0.2, 0) is 11.3 Å². The summed E-state index contributed by atoms with van der Waals surface area (Å²) in [5.74, 6) is 0.998. The lowest BCUT2D eigenvalue weighted by Crippen LogP contribution is -2.25. The average Bonchev–Trinajstić information content (AvgIpc) is 3.33. The monoisotopic (exact) mass is 463 g/mol. The minimum absolute atomic E-state index is 0.0175. The molecule has 0 bridgehead atoms. The molecule has 4 nitrogen and oxygen atoms in total. The number of anilines is 1. The van der Waals surface area contributed by atoms with Gasteiger partial charge in [0.25, 0.3) is 0 Å². The van der Waals surface area contributed by atoms with Crippen molar-refractivity contribution in [2.24, 2.45) is 0 Å². The van der Waals surface area contributed by atoms with E-state index < -0.39 is 0 Å². The van der Waals surface area contributed by atoms with Crippen molar-refractivity contribution < 1.29 is 4.79 Å². The third-order valence-corrected chi connectivity index (χ3v) is 7.13. The Balaban J connectivity index is 1.57. The summed E-state index contributed by atoms with van der Waals surface area (Å²) >= 11 is 13.0. The number of benzene rings is 3. The van der Waals surface area contributed by atoms with Gasteiger partial charge >= 0.3 is 0 Å². The van der Waals surface area contributed by atoms with E-state index >= 15 is 0 Å². The molecule has 1 fully saturated rings. The third kappa shape index (κ3) is 3.58. The van der Waals surface area contributed by atoms with Crippen molar-refractivity contribution in [2.45, 2.75) is 32.7 Å². The molecule has 0 spiro atoms. The van der Waals surface area contributed by atoms with Crippen LogP contribution in [0.4, 0.5) is 5.69 Å². The predicted octanol–water partition coefficient (Wildman–Crippen LogP) is 6.53. The Bertz CT molecular complexity index is 1320. The number of nitrogens with zero attached hydrogens (tertiary/aromatic N) is 3. The molecule has 4 aromatic rings. The smallest absolute Gasteiger partial charge is 0.227 e. The van der Waals surface area contributed by atoms with Crippen molar-refractivity contribution in [1.82, 2.24) is 9.55 Å². The summed E-state index contributed by atoms with van der Waals surface area (Å²) in [6.07, 6.45) is 0.424. The zero-order valence-corrected chi connectivity index (χ0v) is 19.5. The van der Waals surface area contributed by atoms with E-state index in [4.69, 9.17) is 28.2 Å². The zero-order chi connectivity index (χ0) is 22.4. The Morgan fingerprint density at radius 1 is 0.969 bits per heavy atom. The van der Waals surface area contributed by atoms with Crippen molar-refractivity contribution in [3.63, 3.8) is 0 Å². The maximum absolute atomic E-state index is 13.1. The Labute approximate surface area is 197 Å².